The van der Waals surface area contributed by atoms with Crippen molar-refractivity contribution >= 4 is 35.0 Å². The van der Waals surface area contributed by atoms with Gasteiger partial charge >= 0.3 is 6.03 Å². The van der Waals surface area contributed by atoms with Crippen LogP contribution in [0.1, 0.15) is 28.5 Å². The van der Waals surface area contributed by atoms with E-state index in [0.717, 1.165) is 22.2 Å². The number of urea groups is 1. The van der Waals surface area contributed by atoms with Crippen LogP contribution in [0.3, 0.4) is 0 Å². The molecule has 4 rings (SSSR count). The van der Waals surface area contributed by atoms with Gasteiger partial charge in [-0.3, -0.25) is 9.89 Å². The second-order valence-electron chi connectivity index (χ2n) is 7.22. The minimum absolute atomic E-state index is 0.000579. The fraction of sp³-hybridized carbons (Fsp3) is 0.261. The molecule has 7 nitrogen and oxygen atoms in total. The number of nitrogens with one attached hydrogen (secondary N) is 2. The van der Waals surface area contributed by atoms with E-state index in [1.807, 2.05) is 67.6 Å². The van der Waals surface area contributed by atoms with Gasteiger partial charge in [0.1, 0.15) is 0 Å². The van der Waals surface area contributed by atoms with Gasteiger partial charge in [0, 0.05) is 43.7 Å². The average molecular weight is 403 g/mol. The molecule has 30 heavy (non-hydrogen) atoms. The molecule has 1 aliphatic rings. The van der Waals surface area contributed by atoms with Crippen LogP contribution in [0.25, 0.3) is 23.1 Å². The maximum absolute atomic E-state index is 12.8. The highest BCUT2D eigenvalue weighted by Crippen LogP contribution is 2.18. The fourth-order valence-corrected chi connectivity index (χ4v) is 3.58. The fourth-order valence-electron chi connectivity index (χ4n) is 3.58. The third-order valence-electron chi connectivity index (χ3n) is 5.27. The summed E-state index contributed by atoms with van der Waals surface area (Å²) in [4.78, 5) is 28.2. The molecule has 2 heterocycles. The molecule has 0 radical (unpaired) electrons. The van der Waals surface area contributed by atoms with Crippen molar-refractivity contribution in [1.29, 1.82) is 0 Å². The van der Waals surface area contributed by atoms with Crippen LogP contribution in [0.2, 0.25) is 0 Å². The van der Waals surface area contributed by atoms with Gasteiger partial charge in [-0.05, 0) is 36.8 Å². The van der Waals surface area contributed by atoms with Gasteiger partial charge in [0.25, 0.3) is 5.91 Å². The lowest BCUT2D eigenvalue weighted by Gasteiger charge is -2.34. The van der Waals surface area contributed by atoms with Crippen molar-refractivity contribution in [3.8, 4) is 0 Å². The smallest absolute Gasteiger partial charge is 0.317 e. The summed E-state index contributed by atoms with van der Waals surface area (Å²) in [6.07, 6.45) is 3.96. The molecule has 2 N–H and O–H groups in total. The van der Waals surface area contributed by atoms with E-state index in [1.54, 1.807) is 9.80 Å². The molecule has 7 heteroatoms. The summed E-state index contributed by atoms with van der Waals surface area (Å²) in [6, 6.07) is 15.5. The number of fused-ring (bicyclic) bond motifs is 1. The molecule has 1 fully saturated rings. The highest BCUT2D eigenvalue weighted by atomic mass is 16.2. The molecule has 3 aromatic rings. The first-order valence-corrected chi connectivity index (χ1v) is 10.2. The molecule has 3 amide bonds. The van der Waals surface area contributed by atoms with Crippen molar-refractivity contribution < 1.29 is 9.59 Å². The lowest BCUT2D eigenvalue weighted by Crippen LogP contribution is -2.53. The summed E-state index contributed by atoms with van der Waals surface area (Å²) < 4.78 is 0. The van der Waals surface area contributed by atoms with Crippen LogP contribution >= 0.6 is 0 Å². The molecular weight excluding hydrogens is 378 g/mol. The Morgan fingerprint density at radius 2 is 1.70 bits per heavy atom. The molecule has 0 bridgehead atoms. The van der Waals surface area contributed by atoms with E-state index in [2.05, 4.69) is 15.5 Å². The monoisotopic (exact) mass is 403 g/mol. The number of H-pyrrole nitrogens is 1. The van der Waals surface area contributed by atoms with Crippen LogP contribution in [-0.2, 0) is 0 Å². The first-order chi connectivity index (χ1) is 14.7. The van der Waals surface area contributed by atoms with Gasteiger partial charge in [-0.25, -0.2) is 4.79 Å². The van der Waals surface area contributed by atoms with E-state index < -0.39 is 0 Å². The van der Waals surface area contributed by atoms with Gasteiger partial charge in [0.15, 0.2) is 0 Å². The Balaban J connectivity index is 1.38. The van der Waals surface area contributed by atoms with Crippen molar-refractivity contribution in [1.82, 2.24) is 25.3 Å². The molecule has 2 aromatic carbocycles. The van der Waals surface area contributed by atoms with Gasteiger partial charge in [-0.15, -0.1) is 0 Å². The van der Waals surface area contributed by atoms with Crippen molar-refractivity contribution in [2.24, 2.45) is 0 Å². The first-order valence-electron chi connectivity index (χ1n) is 10.2. The Morgan fingerprint density at radius 1 is 1.00 bits per heavy atom. The van der Waals surface area contributed by atoms with E-state index in [4.69, 9.17) is 0 Å². The topological polar surface area (TPSA) is 81.3 Å². The van der Waals surface area contributed by atoms with Crippen LogP contribution in [0.5, 0.6) is 0 Å². The molecular formula is C23H25N5O2. The maximum Gasteiger partial charge on any atom is 0.317 e. The Morgan fingerprint density at radius 3 is 2.43 bits per heavy atom. The zero-order chi connectivity index (χ0) is 20.9. The molecule has 1 aliphatic heterocycles. The zero-order valence-electron chi connectivity index (χ0n) is 17.0. The Labute approximate surface area is 175 Å². The number of hydrogen-bond acceptors (Lipinski definition) is 3. The maximum atomic E-state index is 12.8. The van der Waals surface area contributed by atoms with Gasteiger partial charge in [-0.2, -0.15) is 5.10 Å². The standard InChI is InChI=1S/C23H25N5O2/c1-2-24-23(30)28-15-13-27(14-16-28)22(29)18-10-7-17(8-11-18)9-12-21-19-5-3-4-6-20(19)25-26-21/h3-12H,2,13-16H2,1H3,(H,24,30)(H,25,26). The number of nitrogens with zero attached hydrogens (tertiary/aromatic N) is 3. The van der Waals surface area contributed by atoms with Crippen molar-refractivity contribution in [3.63, 3.8) is 0 Å². The molecule has 154 valence electrons. The number of aromatic amines is 1. The van der Waals surface area contributed by atoms with E-state index >= 15 is 0 Å². The highest BCUT2D eigenvalue weighted by Gasteiger charge is 2.24. The largest absolute Gasteiger partial charge is 0.338 e. The molecule has 0 atom stereocenters. The summed E-state index contributed by atoms with van der Waals surface area (Å²) in [6.45, 7) is 4.70. The van der Waals surface area contributed by atoms with E-state index in [-0.39, 0.29) is 11.9 Å². The van der Waals surface area contributed by atoms with Crippen molar-refractivity contribution in [2.45, 2.75) is 6.92 Å². The lowest BCUT2D eigenvalue weighted by atomic mass is 10.1. The summed E-state index contributed by atoms with van der Waals surface area (Å²) in [5.74, 6) is -0.000579. The molecule has 0 unspecified atom stereocenters. The van der Waals surface area contributed by atoms with E-state index in [0.29, 0.717) is 38.3 Å². The van der Waals surface area contributed by atoms with Crippen molar-refractivity contribution in [2.75, 3.05) is 32.7 Å². The highest BCUT2D eigenvalue weighted by molar-refractivity contribution is 5.95. The molecule has 0 spiro atoms. The second kappa shape index (κ2) is 8.82. The number of benzene rings is 2. The summed E-state index contributed by atoms with van der Waals surface area (Å²) >= 11 is 0. The average Bonchev–Trinajstić information content (AvgIpc) is 3.21. The third-order valence-corrected chi connectivity index (χ3v) is 5.27. The van der Waals surface area contributed by atoms with Crippen molar-refractivity contribution in [3.05, 3.63) is 65.4 Å². The van der Waals surface area contributed by atoms with Gasteiger partial charge in [0.05, 0.1) is 11.2 Å². The molecule has 1 saturated heterocycles. The van der Waals surface area contributed by atoms with Crippen LogP contribution in [0, 0.1) is 0 Å². The molecule has 1 aromatic heterocycles. The number of para-hydroxylation sites is 1. The van der Waals surface area contributed by atoms with Crippen LogP contribution in [0.4, 0.5) is 4.79 Å². The Hall–Kier alpha value is -3.61. The number of carbonyl (C=O) groups excluding carboxylic acids is 2. The zero-order valence-corrected chi connectivity index (χ0v) is 17.0. The minimum atomic E-state index is -0.0644. The molecule has 0 aliphatic carbocycles. The number of rotatable bonds is 4. The summed E-state index contributed by atoms with van der Waals surface area (Å²) in [7, 11) is 0. The van der Waals surface area contributed by atoms with Crippen LogP contribution < -0.4 is 5.32 Å². The van der Waals surface area contributed by atoms with E-state index in [9.17, 15) is 9.59 Å². The van der Waals surface area contributed by atoms with Gasteiger partial charge < -0.3 is 15.1 Å². The Kier molecular flexibility index (Phi) is 5.79. The first kappa shape index (κ1) is 19.7. The number of aromatic nitrogens is 2. The number of carbonyl (C=O) groups is 2. The van der Waals surface area contributed by atoms with Gasteiger partial charge in [-0.1, -0.05) is 36.4 Å². The predicted octanol–water partition coefficient (Wildman–Crippen LogP) is 3.22. The van der Waals surface area contributed by atoms with Crippen LogP contribution in [0.15, 0.2) is 48.5 Å². The third kappa shape index (κ3) is 4.20. The number of hydrogen-bond donors (Lipinski definition) is 2. The normalized spacial score (nSPS) is 14.4. The quantitative estimate of drug-likeness (QED) is 0.702. The summed E-state index contributed by atoms with van der Waals surface area (Å²) in [5.41, 5.74) is 3.55. The minimum Gasteiger partial charge on any atom is -0.338 e. The lowest BCUT2D eigenvalue weighted by molar-refractivity contribution is 0.0665. The predicted molar refractivity (Wildman–Crippen MR) is 118 cm³/mol. The van der Waals surface area contributed by atoms with Crippen LogP contribution in [-0.4, -0.2) is 64.7 Å². The summed E-state index contributed by atoms with van der Waals surface area (Å²) in [5, 5.41) is 11.2. The number of piperazine rings is 1. The van der Waals surface area contributed by atoms with E-state index in [1.165, 1.54) is 0 Å². The SMILES string of the molecule is CCNC(=O)N1CCN(C(=O)c2ccc(C=Cc3n[nH]c4ccccc34)cc2)CC1. The second-order valence-corrected chi connectivity index (χ2v) is 7.22. The molecule has 0 saturated carbocycles. The Bertz CT molecular complexity index is 1060. The van der Waals surface area contributed by atoms with Gasteiger partial charge in [0.2, 0.25) is 0 Å². The number of amides is 3.